The van der Waals surface area contributed by atoms with Gasteiger partial charge in [0, 0.05) is 28.4 Å². The molecule has 0 saturated carbocycles. The molecule has 1 amide bonds. The van der Waals surface area contributed by atoms with E-state index in [1.54, 1.807) is 18.4 Å². The molecule has 4 aromatic rings. The molecule has 0 aliphatic heterocycles. The highest BCUT2D eigenvalue weighted by atomic mass is 35.5. The van der Waals surface area contributed by atoms with Gasteiger partial charge >= 0.3 is 5.63 Å². The van der Waals surface area contributed by atoms with Crippen LogP contribution in [0.25, 0.3) is 21.9 Å². The molecule has 28 heavy (non-hydrogen) atoms. The molecule has 2 heterocycles. The van der Waals surface area contributed by atoms with E-state index in [1.165, 1.54) is 0 Å². The Bertz CT molecular complexity index is 1270. The monoisotopic (exact) mass is 395 g/mol. The molecule has 0 saturated heterocycles. The van der Waals surface area contributed by atoms with Crippen molar-refractivity contribution in [2.75, 3.05) is 0 Å². The average molecular weight is 396 g/mol. The van der Waals surface area contributed by atoms with Crippen LogP contribution in [0, 0.1) is 13.8 Å². The lowest BCUT2D eigenvalue weighted by Gasteiger charge is -2.09. The van der Waals surface area contributed by atoms with Gasteiger partial charge < -0.3 is 14.2 Å². The fourth-order valence-electron chi connectivity index (χ4n) is 3.30. The number of nitrogens with one attached hydrogen (secondary N) is 1. The highest BCUT2D eigenvalue weighted by molar-refractivity contribution is 6.31. The van der Waals surface area contributed by atoms with Crippen LogP contribution in [0.15, 0.2) is 56.3 Å². The molecule has 6 heteroatoms. The van der Waals surface area contributed by atoms with Crippen molar-refractivity contribution in [3.8, 4) is 0 Å². The molecular formula is C22H18ClNO4. The summed E-state index contributed by atoms with van der Waals surface area (Å²) in [6.07, 6.45) is 1.61. The molecule has 2 aromatic heterocycles. The number of aryl methyl sites for hydroxylation is 2. The minimum absolute atomic E-state index is 0.0586. The minimum atomic E-state index is -0.513. The quantitative estimate of drug-likeness (QED) is 0.510. The van der Waals surface area contributed by atoms with Crippen molar-refractivity contribution in [3.63, 3.8) is 0 Å². The average Bonchev–Trinajstić information content (AvgIpc) is 3.03. The lowest BCUT2D eigenvalue weighted by molar-refractivity contribution is -0.120. The van der Waals surface area contributed by atoms with Crippen molar-refractivity contribution in [2.24, 2.45) is 0 Å². The Morgan fingerprint density at radius 2 is 1.89 bits per heavy atom. The molecule has 5 nitrogen and oxygen atoms in total. The SMILES string of the molecule is Cc1coc2cc3oc(=O)c(CC(=O)NCc4ccccc4Cl)c(C)c3cc12. The van der Waals surface area contributed by atoms with E-state index in [0.29, 0.717) is 28.3 Å². The van der Waals surface area contributed by atoms with E-state index in [4.69, 9.17) is 20.4 Å². The van der Waals surface area contributed by atoms with Crippen LogP contribution in [0.5, 0.6) is 0 Å². The van der Waals surface area contributed by atoms with Crippen LogP contribution in [0.4, 0.5) is 0 Å². The van der Waals surface area contributed by atoms with Crippen LogP contribution < -0.4 is 10.9 Å². The van der Waals surface area contributed by atoms with Gasteiger partial charge in [0.05, 0.1) is 18.2 Å². The third kappa shape index (κ3) is 3.29. The maximum Gasteiger partial charge on any atom is 0.340 e. The summed E-state index contributed by atoms with van der Waals surface area (Å²) >= 11 is 6.11. The molecule has 1 N–H and O–H groups in total. The van der Waals surface area contributed by atoms with E-state index in [-0.39, 0.29) is 12.3 Å². The summed E-state index contributed by atoms with van der Waals surface area (Å²) in [7, 11) is 0. The fourth-order valence-corrected chi connectivity index (χ4v) is 3.50. The molecule has 0 aliphatic carbocycles. The summed E-state index contributed by atoms with van der Waals surface area (Å²) < 4.78 is 10.9. The predicted octanol–water partition coefficient (Wildman–Crippen LogP) is 4.67. The van der Waals surface area contributed by atoms with Crippen molar-refractivity contribution in [1.29, 1.82) is 0 Å². The summed E-state index contributed by atoms with van der Waals surface area (Å²) in [6.45, 7) is 4.08. The van der Waals surface area contributed by atoms with Crippen LogP contribution in [0.3, 0.4) is 0 Å². The van der Waals surface area contributed by atoms with Gasteiger partial charge in [0.2, 0.25) is 5.91 Å². The summed E-state index contributed by atoms with van der Waals surface area (Å²) in [6, 6.07) is 10.9. The topological polar surface area (TPSA) is 72.5 Å². The first kappa shape index (κ1) is 18.3. The second-order valence-electron chi connectivity index (χ2n) is 6.80. The van der Waals surface area contributed by atoms with Crippen LogP contribution in [-0.4, -0.2) is 5.91 Å². The normalized spacial score (nSPS) is 11.2. The van der Waals surface area contributed by atoms with Crippen LogP contribution >= 0.6 is 11.6 Å². The lowest BCUT2D eigenvalue weighted by Crippen LogP contribution is -2.27. The Hall–Kier alpha value is -3.05. The second kappa shape index (κ2) is 7.17. The summed E-state index contributed by atoms with van der Waals surface area (Å²) in [5.41, 5.74) is 3.51. The maximum atomic E-state index is 12.5. The first-order valence-corrected chi connectivity index (χ1v) is 9.26. The Kier molecular flexibility index (Phi) is 4.69. The van der Waals surface area contributed by atoms with Crippen molar-refractivity contribution in [2.45, 2.75) is 26.8 Å². The molecule has 142 valence electrons. The number of amides is 1. The van der Waals surface area contributed by atoms with Crippen LogP contribution in [0.1, 0.15) is 22.3 Å². The zero-order chi connectivity index (χ0) is 19.8. The molecular weight excluding hydrogens is 378 g/mol. The van der Waals surface area contributed by atoms with Crippen LogP contribution in [0.2, 0.25) is 5.02 Å². The van der Waals surface area contributed by atoms with Gasteiger partial charge in [-0.25, -0.2) is 4.79 Å². The zero-order valence-corrected chi connectivity index (χ0v) is 16.2. The largest absolute Gasteiger partial charge is 0.464 e. The van der Waals surface area contributed by atoms with Crippen molar-refractivity contribution >= 4 is 39.4 Å². The Morgan fingerprint density at radius 3 is 2.68 bits per heavy atom. The number of carbonyl (C=O) groups excluding carboxylic acids is 1. The number of rotatable bonds is 4. The van der Waals surface area contributed by atoms with Crippen molar-refractivity contribution < 1.29 is 13.6 Å². The predicted molar refractivity (Wildman–Crippen MR) is 109 cm³/mol. The van der Waals surface area contributed by atoms with Crippen molar-refractivity contribution in [1.82, 2.24) is 5.32 Å². The number of furan rings is 1. The molecule has 2 aromatic carbocycles. The van der Waals surface area contributed by atoms with Gasteiger partial charge in [-0.05, 0) is 42.7 Å². The molecule has 4 rings (SSSR count). The Labute approximate surface area is 165 Å². The van der Waals surface area contributed by atoms with Gasteiger partial charge in [0.15, 0.2) is 0 Å². The first-order valence-electron chi connectivity index (χ1n) is 8.88. The molecule has 0 bridgehead atoms. The number of hydrogen-bond acceptors (Lipinski definition) is 4. The fraction of sp³-hybridized carbons (Fsp3) is 0.182. The summed E-state index contributed by atoms with van der Waals surface area (Å²) in [5, 5.41) is 5.15. The van der Waals surface area contributed by atoms with E-state index in [2.05, 4.69) is 5.32 Å². The van der Waals surface area contributed by atoms with Gasteiger partial charge in [-0.2, -0.15) is 0 Å². The standard InChI is InChI=1S/C22H18ClNO4/c1-12-11-27-19-9-20-16(7-15(12)19)13(2)17(22(26)28-20)8-21(25)24-10-14-5-3-4-6-18(14)23/h3-7,9,11H,8,10H2,1-2H3,(H,24,25). The number of carbonyl (C=O) groups is 1. The molecule has 0 aliphatic rings. The van der Waals surface area contributed by atoms with Crippen LogP contribution in [-0.2, 0) is 17.8 Å². The summed E-state index contributed by atoms with van der Waals surface area (Å²) in [4.78, 5) is 24.9. The van der Waals surface area contributed by atoms with E-state index >= 15 is 0 Å². The molecule has 0 unspecified atom stereocenters. The maximum absolute atomic E-state index is 12.5. The Morgan fingerprint density at radius 1 is 1.11 bits per heavy atom. The van der Waals surface area contributed by atoms with Gasteiger partial charge in [0.1, 0.15) is 11.2 Å². The number of hydrogen-bond donors (Lipinski definition) is 1. The highest BCUT2D eigenvalue weighted by Crippen LogP contribution is 2.28. The number of benzene rings is 2. The molecule has 0 radical (unpaired) electrons. The zero-order valence-electron chi connectivity index (χ0n) is 15.5. The second-order valence-corrected chi connectivity index (χ2v) is 7.21. The van der Waals surface area contributed by atoms with Crippen molar-refractivity contribution in [3.05, 3.63) is 80.4 Å². The minimum Gasteiger partial charge on any atom is -0.464 e. The van der Waals surface area contributed by atoms with Gasteiger partial charge in [0.25, 0.3) is 0 Å². The molecule has 0 atom stereocenters. The third-order valence-electron chi connectivity index (χ3n) is 4.95. The number of halogens is 1. The van der Waals surface area contributed by atoms with E-state index in [9.17, 15) is 9.59 Å². The van der Waals surface area contributed by atoms with Gasteiger partial charge in [-0.1, -0.05) is 29.8 Å². The Balaban J connectivity index is 1.63. The number of fused-ring (bicyclic) bond motifs is 2. The smallest absolute Gasteiger partial charge is 0.340 e. The molecule has 0 fully saturated rings. The molecule has 0 spiro atoms. The van der Waals surface area contributed by atoms with E-state index in [0.717, 1.165) is 27.5 Å². The van der Waals surface area contributed by atoms with E-state index in [1.807, 2.05) is 38.1 Å². The third-order valence-corrected chi connectivity index (χ3v) is 5.31. The van der Waals surface area contributed by atoms with Gasteiger partial charge in [-0.15, -0.1) is 0 Å². The lowest BCUT2D eigenvalue weighted by atomic mass is 10.0. The van der Waals surface area contributed by atoms with E-state index < -0.39 is 5.63 Å². The summed E-state index contributed by atoms with van der Waals surface area (Å²) in [5.74, 6) is -0.268. The first-order chi connectivity index (χ1) is 13.4. The highest BCUT2D eigenvalue weighted by Gasteiger charge is 2.17. The van der Waals surface area contributed by atoms with Gasteiger partial charge in [-0.3, -0.25) is 4.79 Å².